The zero-order valence-electron chi connectivity index (χ0n) is 20.0. The summed E-state index contributed by atoms with van der Waals surface area (Å²) < 4.78 is 10.4. The minimum absolute atomic E-state index is 0.146. The van der Waals surface area contributed by atoms with Crippen molar-refractivity contribution in [1.29, 1.82) is 10.5 Å². The second-order valence-corrected chi connectivity index (χ2v) is 10.6. The third-order valence-corrected chi connectivity index (χ3v) is 6.15. The monoisotopic (exact) mass is 428 g/mol. The Kier molecular flexibility index (Phi) is 6.65. The van der Waals surface area contributed by atoms with E-state index >= 15 is 0 Å². The minimum Gasteiger partial charge on any atom is -0.388 e. The normalized spacial score (nSPS) is 16.5. The van der Waals surface area contributed by atoms with Crippen LogP contribution in [0.5, 0.6) is 11.5 Å². The fraction of sp³-hybridized carbons (Fsp3) is 0.429. The predicted molar refractivity (Wildman–Crippen MR) is 127 cm³/mol. The van der Waals surface area contributed by atoms with E-state index in [0.717, 1.165) is 30.4 Å². The molecule has 0 saturated heterocycles. The van der Waals surface area contributed by atoms with Crippen molar-refractivity contribution in [3.63, 3.8) is 0 Å². The zero-order valence-corrected chi connectivity index (χ0v) is 20.0. The van der Waals surface area contributed by atoms with Crippen LogP contribution in [0.2, 0.25) is 0 Å². The van der Waals surface area contributed by atoms with Gasteiger partial charge < -0.3 is 9.47 Å². The second-order valence-electron chi connectivity index (χ2n) is 10.6. The summed E-state index contributed by atoms with van der Waals surface area (Å²) in [6, 6.07) is 12.2. The van der Waals surface area contributed by atoms with Crippen LogP contribution in [0.15, 0.2) is 42.5 Å². The number of nitrogens with zero attached hydrogens (tertiary/aromatic N) is 2. The highest BCUT2D eigenvalue weighted by Gasteiger charge is 2.29. The van der Waals surface area contributed by atoms with E-state index in [4.69, 9.17) is 14.7 Å². The molecule has 32 heavy (non-hydrogen) atoms. The third kappa shape index (κ3) is 5.14. The Labute approximate surface area is 192 Å². The lowest BCUT2D eigenvalue weighted by atomic mass is 9.76. The number of ether oxygens (including phenoxy) is 2. The first kappa shape index (κ1) is 23.4. The molecule has 3 rings (SSSR count). The van der Waals surface area contributed by atoms with Gasteiger partial charge in [-0.3, -0.25) is 0 Å². The Morgan fingerprint density at radius 3 is 1.84 bits per heavy atom. The number of benzene rings is 2. The minimum atomic E-state index is -0.146. The largest absolute Gasteiger partial charge is 0.388 e. The molecule has 0 aromatic heterocycles. The SMILES string of the molecule is CC(C)(C)c1cc(C2=CCC(c3ccc(OC#N)cc3)CC2)cc(C(C)(C)C)c1OC#N. The molecule has 2 aromatic carbocycles. The van der Waals surface area contributed by atoms with Crippen molar-refractivity contribution in [2.75, 3.05) is 0 Å². The molecule has 4 heteroatoms. The first-order chi connectivity index (χ1) is 15.0. The van der Waals surface area contributed by atoms with E-state index in [1.54, 1.807) is 6.26 Å². The summed E-state index contributed by atoms with van der Waals surface area (Å²) in [6.45, 7) is 13.0. The van der Waals surface area contributed by atoms with Crippen LogP contribution in [0.25, 0.3) is 5.57 Å². The molecule has 0 fully saturated rings. The molecule has 1 aliphatic rings. The number of hydrogen-bond donors (Lipinski definition) is 0. The van der Waals surface area contributed by atoms with Crippen LogP contribution in [-0.2, 0) is 10.8 Å². The van der Waals surface area contributed by atoms with Gasteiger partial charge in [0.1, 0.15) is 11.5 Å². The van der Waals surface area contributed by atoms with E-state index in [-0.39, 0.29) is 10.8 Å². The highest BCUT2D eigenvalue weighted by atomic mass is 16.5. The van der Waals surface area contributed by atoms with Gasteiger partial charge in [0.15, 0.2) is 0 Å². The quantitative estimate of drug-likeness (QED) is 0.477. The van der Waals surface area contributed by atoms with Crippen LogP contribution >= 0.6 is 0 Å². The highest BCUT2D eigenvalue weighted by molar-refractivity contribution is 5.70. The topological polar surface area (TPSA) is 66.0 Å². The van der Waals surface area contributed by atoms with Gasteiger partial charge in [-0.2, -0.15) is 0 Å². The summed E-state index contributed by atoms with van der Waals surface area (Å²) in [4.78, 5) is 0. The van der Waals surface area contributed by atoms with E-state index in [1.807, 2.05) is 18.4 Å². The molecule has 0 spiro atoms. The lowest BCUT2D eigenvalue weighted by Gasteiger charge is -2.30. The number of hydrogen-bond acceptors (Lipinski definition) is 4. The van der Waals surface area contributed by atoms with Crippen LogP contribution < -0.4 is 9.47 Å². The molecule has 0 aliphatic heterocycles. The summed E-state index contributed by atoms with van der Waals surface area (Å²) in [5, 5.41) is 18.0. The second kappa shape index (κ2) is 9.09. The van der Waals surface area contributed by atoms with Gasteiger partial charge in [0.05, 0.1) is 0 Å². The summed E-state index contributed by atoms with van der Waals surface area (Å²) in [7, 11) is 0. The van der Waals surface area contributed by atoms with Gasteiger partial charge in [-0.15, -0.1) is 10.5 Å². The van der Waals surface area contributed by atoms with Gasteiger partial charge in [-0.25, -0.2) is 0 Å². The molecule has 166 valence electrons. The Hall–Kier alpha value is -3.24. The molecular weight excluding hydrogens is 396 g/mol. The van der Waals surface area contributed by atoms with Crippen molar-refractivity contribution in [1.82, 2.24) is 0 Å². The van der Waals surface area contributed by atoms with Crippen molar-refractivity contribution in [3.05, 3.63) is 64.7 Å². The summed E-state index contributed by atoms with van der Waals surface area (Å²) in [5.41, 5.74) is 5.69. The van der Waals surface area contributed by atoms with Gasteiger partial charge in [0.25, 0.3) is 12.5 Å². The molecule has 1 atom stereocenters. The fourth-order valence-corrected chi connectivity index (χ4v) is 4.34. The Balaban J connectivity index is 1.96. The fourth-order valence-electron chi connectivity index (χ4n) is 4.34. The molecule has 4 nitrogen and oxygen atoms in total. The standard InChI is InChI=1S/C28H32N2O2/c1-27(2,3)24-15-22(16-25(28(4,5)6)26(24)32-18-30)21-9-7-19(8-10-21)20-11-13-23(14-12-20)31-17-29/h9,11-16,19H,7-8,10H2,1-6H3. The van der Waals surface area contributed by atoms with Gasteiger partial charge >= 0.3 is 0 Å². The third-order valence-electron chi connectivity index (χ3n) is 6.15. The van der Waals surface area contributed by atoms with E-state index in [1.165, 1.54) is 16.7 Å². The van der Waals surface area contributed by atoms with Crippen molar-refractivity contribution in [3.8, 4) is 24.0 Å². The first-order valence-corrected chi connectivity index (χ1v) is 11.1. The summed E-state index contributed by atoms with van der Waals surface area (Å²) in [5.74, 6) is 1.73. The molecule has 1 aliphatic carbocycles. The highest BCUT2D eigenvalue weighted by Crippen LogP contribution is 2.44. The average molecular weight is 429 g/mol. The Morgan fingerprint density at radius 1 is 0.844 bits per heavy atom. The van der Waals surface area contributed by atoms with Crippen LogP contribution in [-0.4, -0.2) is 0 Å². The van der Waals surface area contributed by atoms with Gasteiger partial charge in [0.2, 0.25) is 0 Å². The Bertz CT molecular complexity index is 1050. The smallest absolute Gasteiger partial charge is 0.292 e. The van der Waals surface area contributed by atoms with E-state index in [9.17, 15) is 5.26 Å². The summed E-state index contributed by atoms with van der Waals surface area (Å²) >= 11 is 0. The van der Waals surface area contributed by atoms with Gasteiger partial charge in [-0.05, 0) is 77.0 Å². The average Bonchev–Trinajstić information content (AvgIpc) is 2.73. The maximum Gasteiger partial charge on any atom is 0.292 e. The lowest BCUT2D eigenvalue weighted by Crippen LogP contribution is -2.19. The summed E-state index contributed by atoms with van der Waals surface area (Å²) in [6.07, 6.45) is 9.00. The zero-order chi connectivity index (χ0) is 23.5. The van der Waals surface area contributed by atoms with E-state index in [0.29, 0.717) is 17.4 Å². The van der Waals surface area contributed by atoms with Gasteiger partial charge in [0, 0.05) is 11.1 Å². The first-order valence-electron chi connectivity index (χ1n) is 11.1. The maximum atomic E-state index is 9.30. The number of nitriles is 2. The van der Waals surface area contributed by atoms with Crippen LogP contribution in [0, 0.1) is 23.0 Å². The molecule has 0 bridgehead atoms. The molecular formula is C28H32N2O2. The Morgan fingerprint density at radius 2 is 1.41 bits per heavy atom. The lowest BCUT2D eigenvalue weighted by molar-refractivity contribution is 0.448. The number of rotatable bonds is 4. The van der Waals surface area contributed by atoms with E-state index in [2.05, 4.69) is 71.9 Å². The molecule has 0 heterocycles. The molecule has 0 radical (unpaired) electrons. The molecule has 0 N–H and O–H groups in total. The van der Waals surface area contributed by atoms with Crippen molar-refractivity contribution in [2.24, 2.45) is 0 Å². The van der Waals surface area contributed by atoms with Crippen LogP contribution in [0.3, 0.4) is 0 Å². The van der Waals surface area contributed by atoms with Crippen molar-refractivity contribution < 1.29 is 9.47 Å². The molecule has 1 unspecified atom stereocenters. The molecule has 0 amide bonds. The maximum absolute atomic E-state index is 9.30. The molecule has 0 saturated carbocycles. The van der Waals surface area contributed by atoms with Crippen LogP contribution in [0.4, 0.5) is 0 Å². The van der Waals surface area contributed by atoms with Gasteiger partial charge in [-0.1, -0.05) is 59.8 Å². The number of allylic oxidation sites excluding steroid dienone is 2. The predicted octanol–water partition coefficient (Wildman–Crippen LogP) is 7.35. The molecule has 2 aromatic rings. The van der Waals surface area contributed by atoms with Crippen molar-refractivity contribution >= 4 is 5.57 Å². The van der Waals surface area contributed by atoms with E-state index < -0.39 is 0 Å². The van der Waals surface area contributed by atoms with Crippen LogP contribution in [0.1, 0.15) is 89.0 Å². The van der Waals surface area contributed by atoms with Crippen molar-refractivity contribution in [2.45, 2.75) is 77.6 Å².